The highest BCUT2D eigenvalue weighted by Crippen LogP contribution is 2.14. The van der Waals surface area contributed by atoms with Crippen molar-refractivity contribution in [3.63, 3.8) is 0 Å². The van der Waals surface area contributed by atoms with E-state index in [2.05, 4.69) is 10.5 Å². The Morgan fingerprint density at radius 2 is 1.37 bits per heavy atom. The Hall–Kier alpha value is -3.29. The fraction of sp³-hybridized carbons (Fsp3) is 0.130. The summed E-state index contributed by atoms with van der Waals surface area (Å²) < 4.78 is 29.2. The van der Waals surface area contributed by atoms with E-state index in [1.165, 1.54) is 31.4 Å². The van der Waals surface area contributed by atoms with E-state index in [4.69, 9.17) is 4.74 Å². The van der Waals surface area contributed by atoms with E-state index < -0.39 is 15.7 Å². The maximum atomic E-state index is 12.6. The number of nitrogens with one attached hydrogen (secondary N) is 1. The lowest BCUT2D eigenvalue weighted by Gasteiger charge is -2.08. The number of methoxy groups -OCH3 is 1. The number of rotatable bonds is 8. The Morgan fingerprint density at radius 1 is 0.833 bits per heavy atom. The van der Waals surface area contributed by atoms with E-state index in [1.54, 1.807) is 0 Å². The summed E-state index contributed by atoms with van der Waals surface area (Å²) in [5.41, 5.74) is 5.24. The van der Waals surface area contributed by atoms with Gasteiger partial charge >= 0.3 is 0 Å². The highest BCUT2D eigenvalue weighted by atomic mass is 32.2. The molecule has 0 heterocycles. The van der Waals surface area contributed by atoms with Crippen LogP contribution < -0.4 is 5.43 Å². The van der Waals surface area contributed by atoms with Crippen molar-refractivity contribution in [1.82, 2.24) is 5.43 Å². The van der Waals surface area contributed by atoms with Gasteiger partial charge in [-0.25, -0.2) is 13.8 Å². The van der Waals surface area contributed by atoms with Crippen molar-refractivity contribution < 1.29 is 17.9 Å². The average Bonchev–Trinajstić information content (AvgIpc) is 2.79. The number of benzene rings is 3. The average molecular weight is 423 g/mol. The molecule has 154 valence electrons. The first-order valence-corrected chi connectivity index (χ1v) is 11.0. The van der Waals surface area contributed by atoms with E-state index in [9.17, 15) is 13.2 Å². The molecule has 1 N–H and O–H groups in total. The minimum atomic E-state index is -3.45. The molecule has 0 radical (unpaired) electrons. The molecule has 30 heavy (non-hydrogen) atoms. The molecule has 0 aromatic heterocycles. The van der Waals surface area contributed by atoms with Crippen LogP contribution in [0.25, 0.3) is 0 Å². The number of hydrogen-bond donors (Lipinski definition) is 1. The second kappa shape index (κ2) is 9.96. The topological polar surface area (TPSA) is 84.8 Å². The summed E-state index contributed by atoms with van der Waals surface area (Å²) in [4.78, 5) is 12.7. The quantitative estimate of drug-likeness (QED) is 0.446. The number of hydrazone groups is 1. The zero-order valence-electron chi connectivity index (χ0n) is 16.5. The predicted molar refractivity (Wildman–Crippen MR) is 116 cm³/mol. The zero-order chi connectivity index (χ0) is 21.4. The van der Waals surface area contributed by atoms with Crippen LogP contribution in [0.2, 0.25) is 0 Å². The number of amides is 1. The maximum Gasteiger partial charge on any atom is 0.271 e. The van der Waals surface area contributed by atoms with Crippen LogP contribution in [-0.2, 0) is 14.6 Å². The van der Waals surface area contributed by atoms with Crippen LogP contribution in [-0.4, -0.2) is 39.5 Å². The van der Waals surface area contributed by atoms with E-state index in [0.717, 1.165) is 11.1 Å². The largest absolute Gasteiger partial charge is 0.384 e. The lowest BCUT2D eigenvalue weighted by molar-refractivity contribution is 0.0955. The Labute approximate surface area is 176 Å². The molecule has 0 saturated heterocycles. The summed E-state index contributed by atoms with van der Waals surface area (Å²) in [6.07, 6.45) is 0. The summed E-state index contributed by atoms with van der Waals surface area (Å²) in [6.45, 7) is 0.112. The zero-order valence-corrected chi connectivity index (χ0v) is 17.3. The second-order valence-corrected chi connectivity index (χ2v) is 8.58. The molecule has 0 atom stereocenters. The first-order valence-electron chi connectivity index (χ1n) is 9.32. The monoisotopic (exact) mass is 422 g/mol. The number of ether oxygens (including phenoxy) is 1. The first kappa shape index (κ1) is 21.4. The Morgan fingerprint density at radius 3 is 1.87 bits per heavy atom. The molecule has 0 aliphatic carbocycles. The second-order valence-electron chi connectivity index (χ2n) is 6.47. The number of hydrogen-bond acceptors (Lipinski definition) is 5. The minimum Gasteiger partial charge on any atom is -0.384 e. The molecule has 3 aromatic rings. The van der Waals surface area contributed by atoms with Gasteiger partial charge in [-0.15, -0.1) is 0 Å². The maximum absolute atomic E-state index is 12.6. The molecule has 3 aromatic carbocycles. The Bertz CT molecular complexity index is 1070. The third-order valence-electron chi connectivity index (χ3n) is 4.40. The molecule has 0 spiro atoms. The van der Waals surface area contributed by atoms with Crippen molar-refractivity contribution in [1.29, 1.82) is 0 Å². The van der Waals surface area contributed by atoms with E-state index in [0.29, 0.717) is 11.3 Å². The van der Waals surface area contributed by atoms with Crippen molar-refractivity contribution >= 4 is 21.5 Å². The molecule has 0 fully saturated rings. The molecule has 0 aliphatic heterocycles. The fourth-order valence-corrected chi connectivity index (χ4v) is 3.96. The number of carbonyl (C=O) groups excluding carboxylic acids is 1. The van der Waals surface area contributed by atoms with Gasteiger partial charge in [0.1, 0.15) is 0 Å². The normalized spacial score (nSPS) is 11.0. The highest BCUT2D eigenvalue weighted by molar-refractivity contribution is 7.91. The van der Waals surface area contributed by atoms with E-state index in [-0.39, 0.29) is 17.3 Å². The van der Waals surface area contributed by atoms with E-state index in [1.807, 2.05) is 60.7 Å². The molecule has 0 aliphatic rings. The van der Waals surface area contributed by atoms with Crippen LogP contribution in [0.3, 0.4) is 0 Å². The third-order valence-corrected chi connectivity index (χ3v) is 6.09. The SMILES string of the molecule is COCCS(=O)(=O)c1ccc(C(=O)NN=C(c2ccccc2)c2ccccc2)cc1. The van der Waals surface area contributed by atoms with Gasteiger partial charge in [0, 0.05) is 23.8 Å². The lowest BCUT2D eigenvalue weighted by atomic mass is 10.0. The van der Waals surface area contributed by atoms with Crippen LogP contribution in [0.4, 0.5) is 0 Å². The highest BCUT2D eigenvalue weighted by Gasteiger charge is 2.15. The van der Waals surface area contributed by atoms with Gasteiger partial charge in [-0.05, 0) is 24.3 Å². The van der Waals surface area contributed by atoms with Gasteiger partial charge in [0.15, 0.2) is 9.84 Å². The van der Waals surface area contributed by atoms with Crippen molar-refractivity contribution in [3.8, 4) is 0 Å². The van der Waals surface area contributed by atoms with Crippen LogP contribution >= 0.6 is 0 Å². The van der Waals surface area contributed by atoms with Crippen LogP contribution in [0, 0.1) is 0 Å². The molecule has 1 amide bonds. The smallest absolute Gasteiger partial charge is 0.271 e. The lowest BCUT2D eigenvalue weighted by Crippen LogP contribution is -2.21. The molecule has 6 nitrogen and oxygen atoms in total. The van der Waals surface area contributed by atoms with E-state index >= 15 is 0 Å². The molecule has 0 saturated carbocycles. The summed E-state index contributed by atoms with van der Waals surface area (Å²) in [5.74, 6) is -0.545. The Balaban J connectivity index is 1.81. The van der Waals surface area contributed by atoms with Crippen molar-refractivity contribution in [2.75, 3.05) is 19.5 Å². The predicted octanol–water partition coefficient (Wildman–Crippen LogP) is 3.29. The van der Waals surface area contributed by atoms with Gasteiger partial charge in [0.05, 0.1) is 23.0 Å². The van der Waals surface area contributed by atoms with Gasteiger partial charge < -0.3 is 4.74 Å². The van der Waals surface area contributed by atoms with Crippen LogP contribution in [0.15, 0.2) is 94.9 Å². The molecule has 7 heteroatoms. The van der Waals surface area contributed by atoms with Gasteiger partial charge in [-0.3, -0.25) is 4.79 Å². The molecule has 0 bridgehead atoms. The third kappa shape index (κ3) is 5.40. The fourth-order valence-electron chi connectivity index (χ4n) is 2.78. The molecular formula is C23H22N2O4S. The summed E-state index contributed by atoms with van der Waals surface area (Å²) >= 11 is 0. The van der Waals surface area contributed by atoms with Crippen LogP contribution in [0.1, 0.15) is 21.5 Å². The summed E-state index contributed by atoms with van der Waals surface area (Å²) in [7, 11) is -2.00. The van der Waals surface area contributed by atoms with Crippen molar-refractivity contribution in [2.45, 2.75) is 4.90 Å². The number of carbonyl (C=O) groups is 1. The summed E-state index contributed by atoms with van der Waals surface area (Å²) in [6, 6.07) is 24.8. The van der Waals surface area contributed by atoms with Gasteiger partial charge in [-0.2, -0.15) is 5.10 Å². The van der Waals surface area contributed by atoms with Gasteiger partial charge in [0.2, 0.25) is 0 Å². The number of nitrogens with zero attached hydrogens (tertiary/aromatic N) is 1. The molecule has 0 unspecified atom stereocenters. The number of sulfone groups is 1. The standard InChI is InChI=1S/C23H22N2O4S/c1-29-16-17-30(27,28)21-14-12-20(13-15-21)23(26)25-24-22(18-8-4-2-5-9-18)19-10-6-3-7-11-19/h2-15H,16-17H2,1H3,(H,25,26). The van der Waals surface area contributed by atoms with Gasteiger partial charge in [-0.1, -0.05) is 60.7 Å². The minimum absolute atomic E-state index is 0.112. The summed E-state index contributed by atoms with van der Waals surface area (Å²) in [5, 5.41) is 4.33. The Kier molecular flexibility index (Phi) is 7.11. The first-order chi connectivity index (χ1) is 14.5. The molecule has 3 rings (SSSR count). The van der Waals surface area contributed by atoms with Crippen LogP contribution in [0.5, 0.6) is 0 Å². The van der Waals surface area contributed by atoms with Gasteiger partial charge in [0.25, 0.3) is 5.91 Å². The van der Waals surface area contributed by atoms with Crippen molar-refractivity contribution in [3.05, 3.63) is 102 Å². The van der Waals surface area contributed by atoms with Crippen molar-refractivity contribution in [2.24, 2.45) is 5.10 Å². The molecular weight excluding hydrogens is 400 g/mol.